The van der Waals surface area contributed by atoms with Gasteiger partial charge in [-0.25, -0.2) is 0 Å². The first-order valence-electron chi connectivity index (χ1n) is 5.26. The Morgan fingerprint density at radius 3 is 2.59 bits per heavy atom. The van der Waals surface area contributed by atoms with Crippen LogP contribution in [0.1, 0.15) is 13.8 Å². The Hall–Kier alpha value is -1.98. The summed E-state index contributed by atoms with van der Waals surface area (Å²) in [5.74, 6) is -2.05. The fourth-order valence-corrected chi connectivity index (χ4v) is 2.16. The molecule has 1 fully saturated rings. The van der Waals surface area contributed by atoms with Crippen molar-refractivity contribution in [1.29, 1.82) is 0 Å². The highest BCUT2D eigenvalue weighted by atomic mass is 16.4. The van der Waals surface area contributed by atoms with Gasteiger partial charge in [-0.1, -0.05) is 13.8 Å². The molecular formula is C11H13N3O3. The van der Waals surface area contributed by atoms with Crippen molar-refractivity contribution >= 4 is 17.7 Å². The Bertz CT molecular complexity index is 458. The van der Waals surface area contributed by atoms with Crippen molar-refractivity contribution in [2.24, 2.45) is 17.3 Å². The third-order valence-corrected chi connectivity index (χ3v) is 3.20. The number of hydrogen-bond donors (Lipinski definition) is 2. The van der Waals surface area contributed by atoms with E-state index in [-0.39, 0.29) is 5.91 Å². The third kappa shape index (κ3) is 1.98. The molecule has 2 unspecified atom stereocenters. The van der Waals surface area contributed by atoms with Crippen LogP contribution in [-0.4, -0.2) is 27.2 Å². The zero-order valence-corrected chi connectivity index (χ0v) is 9.54. The zero-order valence-electron chi connectivity index (χ0n) is 9.54. The largest absolute Gasteiger partial charge is 0.481 e. The van der Waals surface area contributed by atoms with Gasteiger partial charge in [0.15, 0.2) is 5.82 Å². The van der Waals surface area contributed by atoms with Crippen molar-refractivity contribution in [2.75, 3.05) is 5.32 Å². The Morgan fingerprint density at radius 1 is 1.41 bits per heavy atom. The van der Waals surface area contributed by atoms with E-state index in [0.717, 1.165) is 0 Å². The van der Waals surface area contributed by atoms with Crippen molar-refractivity contribution in [3.63, 3.8) is 0 Å². The summed E-state index contributed by atoms with van der Waals surface area (Å²) in [7, 11) is 0. The van der Waals surface area contributed by atoms with Gasteiger partial charge in [-0.2, -0.15) is 5.10 Å². The predicted octanol–water partition coefficient (Wildman–Crippen LogP) is 0.772. The highest BCUT2D eigenvalue weighted by molar-refractivity contribution is 5.99. The number of carboxylic acids is 1. The van der Waals surface area contributed by atoms with Gasteiger partial charge >= 0.3 is 5.97 Å². The molecular weight excluding hydrogens is 222 g/mol. The van der Waals surface area contributed by atoms with E-state index in [1.54, 1.807) is 26.0 Å². The van der Waals surface area contributed by atoms with Crippen molar-refractivity contribution in [3.8, 4) is 0 Å². The number of carbonyl (C=O) groups excluding carboxylic acids is 1. The second kappa shape index (κ2) is 3.80. The van der Waals surface area contributed by atoms with Crippen LogP contribution in [0.25, 0.3) is 0 Å². The zero-order chi connectivity index (χ0) is 12.6. The fourth-order valence-electron chi connectivity index (χ4n) is 2.16. The van der Waals surface area contributed by atoms with Gasteiger partial charge in [0.05, 0.1) is 11.8 Å². The lowest BCUT2D eigenvalue weighted by Gasteiger charge is -2.03. The average molecular weight is 235 g/mol. The lowest BCUT2D eigenvalue weighted by Crippen LogP contribution is -2.18. The maximum Gasteiger partial charge on any atom is 0.307 e. The maximum atomic E-state index is 11.9. The van der Waals surface area contributed by atoms with Crippen molar-refractivity contribution in [3.05, 3.63) is 18.3 Å². The van der Waals surface area contributed by atoms with Gasteiger partial charge in [0.25, 0.3) is 0 Å². The molecule has 17 heavy (non-hydrogen) atoms. The van der Waals surface area contributed by atoms with Gasteiger partial charge in [0.2, 0.25) is 5.91 Å². The van der Waals surface area contributed by atoms with Crippen LogP contribution in [0.15, 0.2) is 18.3 Å². The van der Waals surface area contributed by atoms with Crippen LogP contribution >= 0.6 is 0 Å². The number of aliphatic carboxylic acids is 1. The Balaban J connectivity index is 2.06. The molecule has 0 aromatic carbocycles. The van der Waals surface area contributed by atoms with Crippen LogP contribution < -0.4 is 5.32 Å². The molecule has 6 nitrogen and oxygen atoms in total. The summed E-state index contributed by atoms with van der Waals surface area (Å²) in [4.78, 5) is 22.8. The standard InChI is InChI=1S/C11H13N3O3/c1-11(2)7(8(11)10(16)17)9(15)13-6-4-3-5-12-14-6/h3-5,7-8H,1-2H3,(H,16,17)(H,13,14,15). The Morgan fingerprint density at radius 2 is 2.12 bits per heavy atom. The first-order chi connectivity index (χ1) is 7.94. The molecule has 0 saturated heterocycles. The van der Waals surface area contributed by atoms with Gasteiger partial charge in [0.1, 0.15) is 0 Å². The molecule has 1 aliphatic rings. The minimum absolute atomic E-state index is 0.317. The molecule has 1 heterocycles. The number of amides is 1. The molecule has 6 heteroatoms. The third-order valence-electron chi connectivity index (χ3n) is 3.20. The summed E-state index contributed by atoms with van der Waals surface area (Å²) in [6, 6.07) is 3.26. The van der Waals surface area contributed by atoms with E-state index in [4.69, 9.17) is 5.11 Å². The number of nitrogens with one attached hydrogen (secondary N) is 1. The molecule has 1 amide bonds. The number of hydrogen-bond acceptors (Lipinski definition) is 4. The molecule has 1 saturated carbocycles. The summed E-state index contributed by atoms with van der Waals surface area (Å²) in [5, 5.41) is 18.9. The minimum Gasteiger partial charge on any atom is -0.481 e. The molecule has 0 aliphatic heterocycles. The molecule has 0 radical (unpaired) electrons. The van der Waals surface area contributed by atoms with Crippen molar-refractivity contribution in [1.82, 2.24) is 10.2 Å². The maximum absolute atomic E-state index is 11.9. The van der Waals surface area contributed by atoms with Gasteiger partial charge in [-0.3, -0.25) is 9.59 Å². The van der Waals surface area contributed by atoms with E-state index >= 15 is 0 Å². The molecule has 1 aliphatic carbocycles. The number of carbonyl (C=O) groups is 2. The minimum atomic E-state index is -0.936. The highest BCUT2D eigenvalue weighted by Crippen LogP contribution is 2.58. The van der Waals surface area contributed by atoms with E-state index < -0.39 is 23.2 Å². The number of carboxylic acid groups (broad SMARTS) is 1. The molecule has 1 aromatic heterocycles. The van der Waals surface area contributed by atoms with Gasteiger partial charge in [-0.15, -0.1) is 5.10 Å². The van der Waals surface area contributed by atoms with Crippen LogP contribution in [0.2, 0.25) is 0 Å². The van der Waals surface area contributed by atoms with Crippen molar-refractivity contribution < 1.29 is 14.7 Å². The molecule has 2 atom stereocenters. The second-order valence-corrected chi connectivity index (χ2v) is 4.71. The number of aromatic nitrogens is 2. The summed E-state index contributed by atoms with van der Waals surface area (Å²) in [6.45, 7) is 3.54. The SMILES string of the molecule is CC1(C)C(C(=O)O)C1C(=O)Nc1cccnn1. The van der Waals surface area contributed by atoms with Crippen molar-refractivity contribution in [2.45, 2.75) is 13.8 Å². The Kier molecular flexibility index (Phi) is 2.57. The van der Waals surface area contributed by atoms with Crippen LogP contribution in [0, 0.1) is 17.3 Å². The van der Waals surface area contributed by atoms with Gasteiger partial charge in [0, 0.05) is 6.20 Å². The summed E-state index contributed by atoms with van der Waals surface area (Å²) in [6.07, 6.45) is 1.50. The average Bonchev–Trinajstić information content (AvgIpc) is 2.83. The van der Waals surface area contributed by atoms with Crippen LogP contribution in [0.4, 0.5) is 5.82 Å². The van der Waals surface area contributed by atoms with E-state index in [2.05, 4.69) is 15.5 Å². The number of rotatable bonds is 3. The number of anilines is 1. The smallest absolute Gasteiger partial charge is 0.307 e. The molecule has 2 rings (SSSR count). The molecule has 0 bridgehead atoms. The second-order valence-electron chi connectivity index (χ2n) is 4.71. The first-order valence-corrected chi connectivity index (χ1v) is 5.26. The van der Waals surface area contributed by atoms with Crippen LogP contribution in [0.5, 0.6) is 0 Å². The topological polar surface area (TPSA) is 92.2 Å². The molecule has 90 valence electrons. The highest BCUT2D eigenvalue weighted by Gasteiger charge is 2.65. The van der Waals surface area contributed by atoms with E-state index in [1.807, 2.05) is 0 Å². The van der Waals surface area contributed by atoms with E-state index in [9.17, 15) is 9.59 Å². The monoisotopic (exact) mass is 235 g/mol. The van der Waals surface area contributed by atoms with Gasteiger partial charge in [-0.05, 0) is 17.5 Å². The van der Waals surface area contributed by atoms with Gasteiger partial charge < -0.3 is 10.4 Å². The van der Waals surface area contributed by atoms with E-state index in [1.165, 1.54) is 6.20 Å². The molecule has 0 spiro atoms. The Labute approximate surface area is 98.1 Å². The van der Waals surface area contributed by atoms with E-state index in [0.29, 0.717) is 5.82 Å². The molecule has 1 aromatic rings. The first kappa shape index (κ1) is 11.5. The lowest BCUT2D eigenvalue weighted by molar-refractivity contribution is -0.140. The fraction of sp³-hybridized carbons (Fsp3) is 0.455. The summed E-state index contributed by atoms with van der Waals surface area (Å²) in [5.41, 5.74) is -0.502. The summed E-state index contributed by atoms with van der Waals surface area (Å²) < 4.78 is 0. The number of nitrogens with zero attached hydrogens (tertiary/aromatic N) is 2. The molecule has 2 N–H and O–H groups in total. The summed E-state index contributed by atoms with van der Waals surface area (Å²) >= 11 is 0. The normalized spacial score (nSPS) is 25.1. The van der Waals surface area contributed by atoms with Crippen LogP contribution in [0.3, 0.4) is 0 Å². The quantitative estimate of drug-likeness (QED) is 0.807. The lowest BCUT2D eigenvalue weighted by atomic mass is 10.1. The predicted molar refractivity (Wildman–Crippen MR) is 59.1 cm³/mol. The van der Waals surface area contributed by atoms with Crippen LogP contribution in [-0.2, 0) is 9.59 Å².